The van der Waals surface area contributed by atoms with Crippen molar-refractivity contribution in [2.75, 3.05) is 20.2 Å². The minimum absolute atomic E-state index is 0.0541. The van der Waals surface area contributed by atoms with Gasteiger partial charge in [0, 0.05) is 33.4 Å². The van der Waals surface area contributed by atoms with Crippen LogP contribution in [0.5, 0.6) is 0 Å². The molecule has 1 rings (SSSR count). The van der Waals surface area contributed by atoms with Gasteiger partial charge in [-0.05, 0) is 25.3 Å². The molecule has 0 aromatic carbocycles. The number of aromatic nitrogens is 1. The zero-order valence-corrected chi connectivity index (χ0v) is 12.6. The van der Waals surface area contributed by atoms with Crippen molar-refractivity contribution in [2.45, 2.75) is 24.2 Å². The molecule has 3 N–H and O–H groups in total. The van der Waals surface area contributed by atoms with Gasteiger partial charge >= 0.3 is 0 Å². The molecule has 0 fully saturated rings. The highest BCUT2D eigenvalue weighted by Gasteiger charge is 2.23. The van der Waals surface area contributed by atoms with Gasteiger partial charge in [0.05, 0.1) is 0 Å². The Kier molecular flexibility index (Phi) is 5.73. The molecule has 0 spiro atoms. The Morgan fingerprint density at radius 1 is 1.40 bits per heavy atom. The first-order chi connectivity index (χ1) is 9.30. The van der Waals surface area contributed by atoms with E-state index in [9.17, 15) is 13.2 Å². The molecule has 0 saturated carbocycles. The van der Waals surface area contributed by atoms with Crippen molar-refractivity contribution in [1.82, 2.24) is 8.87 Å². The van der Waals surface area contributed by atoms with Crippen LogP contribution in [-0.4, -0.2) is 48.5 Å². The fraction of sp³-hybridized carbons (Fsp3) is 0.583. The summed E-state index contributed by atoms with van der Waals surface area (Å²) in [7, 11) is -0.558. The molecular weight excluding hydrogens is 282 g/mol. The second-order valence-electron chi connectivity index (χ2n) is 4.65. The summed E-state index contributed by atoms with van der Waals surface area (Å²) in [6, 6.07) is 1.28. The van der Waals surface area contributed by atoms with E-state index in [0.717, 1.165) is 6.42 Å². The highest BCUT2D eigenvalue weighted by Crippen LogP contribution is 2.17. The van der Waals surface area contributed by atoms with Crippen molar-refractivity contribution in [1.29, 1.82) is 0 Å². The molecule has 0 aliphatic rings. The van der Waals surface area contributed by atoms with Gasteiger partial charge in [-0.2, -0.15) is 0 Å². The number of sulfonamides is 1. The quantitative estimate of drug-likeness (QED) is 0.654. The van der Waals surface area contributed by atoms with Crippen LogP contribution in [0, 0.1) is 0 Å². The molecule has 20 heavy (non-hydrogen) atoms. The standard InChI is InChI=1S/C12H21N3O4S/c1-14-9-10(8-11(14)12(13)17)20(18,19)15(2)6-4-3-5-7-16/h8-9,16H,3-7H2,1-2H3,(H2,13,17). The van der Waals surface area contributed by atoms with Crippen LogP contribution in [0.3, 0.4) is 0 Å². The van der Waals surface area contributed by atoms with E-state index in [0.29, 0.717) is 19.4 Å². The number of aryl methyl sites for hydroxylation is 1. The van der Waals surface area contributed by atoms with Crippen LogP contribution in [-0.2, 0) is 17.1 Å². The van der Waals surface area contributed by atoms with E-state index >= 15 is 0 Å². The second-order valence-corrected chi connectivity index (χ2v) is 6.69. The summed E-state index contributed by atoms with van der Waals surface area (Å²) in [4.78, 5) is 11.2. The number of rotatable bonds is 8. The summed E-state index contributed by atoms with van der Waals surface area (Å²) in [6.45, 7) is 0.472. The maximum absolute atomic E-state index is 12.3. The Hall–Kier alpha value is -1.38. The summed E-state index contributed by atoms with van der Waals surface area (Å²) in [5.41, 5.74) is 5.32. The molecule has 7 nitrogen and oxygen atoms in total. The fourth-order valence-electron chi connectivity index (χ4n) is 1.84. The van der Waals surface area contributed by atoms with Crippen LogP contribution >= 0.6 is 0 Å². The number of nitrogens with zero attached hydrogens (tertiary/aromatic N) is 2. The number of nitrogens with two attached hydrogens (primary N) is 1. The monoisotopic (exact) mass is 303 g/mol. The van der Waals surface area contributed by atoms with Crippen LogP contribution in [0.25, 0.3) is 0 Å². The minimum Gasteiger partial charge on any atom is -0.396 e. The maximum Gasteiger partial charge on any atom is 0.265 e. The molecule has 1 aromatic rings. The van der Waals surface area contributed by atoms with E-state index in [1.807, 2.05) is 0 Å². The Morgan fingerprint density at radius 2 is 2.05 bits per heavy atom. The predicted molar refractivity (Wildman–Crippen MR) is 74.7 cm³/mol. The summed E-state index contributed by atoms with van der Waals surface area (Å²) in [5.74, 6) is -0.667. The minimum atomic E-state index is -3.62. The van der Waals surface area contributed by atoms with E-state index < -0.39 is 15.9 Å². The van der Waals surface area contributed by atoms with Crippen molar-refractivity contribution < 1.29 is 18.3 Å². The fourth-order valence-corrected chi connectivity index (χ4v) is 3.12. The first-order valence-corrected chi connectivity index (χ1v) is 7.78. The first-order valence-electron chi connectivity index (χ1n) is 6.34. The van der Waals surface area contributed by atoms with E-state index in [1.165, 1.54) is 28.2 Å². The SMILES string of the molecule is CN(CCCCCO)S(=O)(=O)c1cc(C(N)=O)n(C)c1. The van der Waals surface area contributed by atoms with Crippen molar-refractivity contribution in [2.24, 2.45) is 12.8 Å². The number of aliphatic hydroxyl groups excluding tert-OH is 1. The third-order valence-electron chi connectivity index (χ3n) is 3.07. The average molecular weight is 303 g/mol. The summed E-state index contributed by atoms with van der Waals surface area (Å²) >= 11 is 0. The lowest BCUT2D eigenvalue weighted by molar-refractivity contribution is 0.0992. The zero-order chi connectivity index (χ0) is 15.3. The van der Waals surface area contributed by atoms with Crippen LogP contribution in [0.1, 0.15) is 29.8 Å². The first kappa shape index (κ1) is 16.7. The molecule has 114 valence electrons. The molecule has 0 aliphatic heterocycles. The molecule has 0 unspecified atom stereocenters. The Bertz CT molecular complexity index is 565. The van der Waals surface area contributed by atoms with Crippen molar-refractivity contribution in [3.05, 3.63) is 18.0 Å². The Morgan fingerprint density at radius 3 is 2.55 bits per heavy atom. The maximum atomic E-state index is 12.3. The molecule has 0 atom stereocenters. The van der Waals surface area contributed by atoms with Crippen molar-refractivity contribution in [3.63, 3.8) is 0 Å². The van der Waals surface area contributed by atoms with E-state index in [-0.39, 0.29) is 17.2 Å². The topological polar surface area (TPSA) is 106 Å². The smallest absolute Gasteiger partial charge is 0.265 e. The lowest BCUT2D eigenvalue weighted by Gasteiger charge is -2.15. The van der Waals surface area contributed by atoms with E-state index in [2.05, 4.69) is 0 Å². The van der Waals surface area contributed by atoms with Gasteiger partial charge in [0.25, 0.3) is 5.91 Å². The second kappa shape index (κ2) is 6.87. The van der Waals surface area contributed by atoms with Gasteiger partial charge in [0.1, 0.15) is 10.6 Å². The molecule has 0 aliphatic carbocycles. The zero-order valence-electron chi connectivity index (χ0n) is 11.7. The van der Waals surface area contributed by atoms with E-state index in [4.69, 9.17) is 10.8 Å². The number of amides is 1. The molecule has 1 aromatic heterocycles. The number of hydrogen-bond acceptors (Lipinski definition) is 4. The largest absolute Gasteiger partial charge is 0.396 e. The highest BCUT2D eigenvalue weighted by atomic mass is 32.2. The van der Waals surface area contributed by atoms with Gasteiger partial charge in [-0.1, -0.05) is 0 Å². The Balaban J connectivity index is 2.82. The van der Waals surface area contributed by atoms with Crippen molar-refractivity contribution >= 4 is 15.9 Å². The molecule has 8 heteroatoms. The number of unbranched alkanes of at least 4 members (excludes halogenated alkanes) is 2. The number of aliphatic hydroxyl groups is 1. The molecule has 0 saturated heterocycles. The van der Waals surface area contributed by atoms with Crippen LogP contribution in [0.15, 0.2) is 17.2 Å². The summed E-state index contributed by atoms with van der Waals surface area (Å²) in [5, 5.41) is 8.68. The average Bonchev–Trinajstić information content (AvgIpc) is 2.77. The van der Waals surface area contributed by atoms with E-state index in [1.54, 1.807) is 7.05 Å². The van der Waals surface area contributed by atoms with Gasteiger partial charge in [-0.15, -0.1) is 0 Å². The van der Waals surface area contributed by atoms with Gasteiger partial charge in [-0.3, -0.25) is 4.79 Å². The molecule has 0 bridgehead atoms. The number of primary amides is 1. The molecule has 0 radical (unpaired) electrons. The van der Waals surface area contributed by atoms with Crippen molar-refractivity contribution in [3.8, 4) is 0 Å². The lowest BCUT2D eigenvalue weighted by Crippen LogP contribution is -2.27. The van der Waals surface area contributed by atoms with Gasteiger partial charge in [-0.25, -0.2) is 12.7 Å². The molecule has 1 heterocycles. The highest BCUT2D eigenvalue weighted by molar-refractivity contribution is 7.89. The third-order valence-corrected chi connectivity index (χ3v) is 4.89. The van der Waals surface area contributed by atoms with Crippen LogP contribution in [0.4, 0.5) is 0 Å². The number of hydrogen-bond donors (Lipinski definition) is 2. The van der Waals surface area contributed by atoms with Crippen LogP contribution < -0.4 is 5.73 Å². The molecule has 1 amide bonds. The normalized spacial score (nSPS) is 12.0. The van der Waals surface area contributed by atoms with Gasteiger partial charge in [0.15, 0.2) is 0 Å². The lowest BCUT2D eigenvalue weighted by atomic mass is 10.2. The number of carbonyl (C=O) groups is 1. The van der Waals surface area contributed by atoms with Gasteiger partial charge in [0.2, 0.25) is 10.0 Å². The molecular formula is C12H21N3O4S. The number of carbonyl (C=O) groups excluding carboxylic acids is 1. The predicted octanol–water partition coefficient (Wildman–Crippen LogP) is -0.0929. The summed E-state index contributed by atoms with van der Waals surface area (Å²) < 4.78 is 27.2. The summed E-state index contributed by atoms with van der Waals surface area (Å²) in [6.07, 6.45) is 3.47. The van der Waals surface area contributed by atoms with Crippen LogP contribution in [0.2, 0.25) is 0 Å². The van der Waals surface area contributed by atoms with Gasteiger partial charge < -0.3 is 15.4 Å². The third kappa shape index (κ3) is 3.81. The Labute approximate surface area is 119 Å².